The summed E-state index contributed by atoms with van der Waals surface area (Å²) in [4.78, 5) is 26.6. The van der Waals surface area contributed by atoms with Crippen molar-refractivity contribution in [3.05, 3.63) is 57.5 Å². The monoisotopic (exact) mass is 352 g/mol. The van der Waals surface area contributed by atoms with Gasteiger partial charge in [0.2, 0.25) is 5.91 Å². The first-order valence-corrected chi connectivity index (χ1v) is 9.15. The molecule has 2 aliphatic rings. The Labute approximate surface area is 152 Å². The van der Waals surface area contributed by atoms with E-state index in [4.69, 9.17) is 0 Å². The van der Waals surface area contributed by atoms with Crippen molar-refractivity contribution in [1.82, 2.24) is 14.7 Å². The zero-order valence-corrected chi connectivity index (χ0v) is 15.3. The zero-order chi connectivity index (χ0) is 18.3. The van der Waals surface area contributed by atoms with Gasteiger partial charge in [-0.25, -0.2) is 4.68 Å². The van der Waals surface area contributed by atoms with Gasteiger partial charge < -0.3 is 10.2 Å². The third kappa shape index (κ3) is 2.79. The minimum Gasteiger partial charge on any atom is -0.384 e. The van der Waals surface area contributed by atoms with E-state index in [1.165, 1.54) is 15.9 Å². The normalized spacial score (nSPS) is 17.8. The number of carbonyl (C=O) groups is 1. The molecule has 1 amide bonds. The van der Waals surface area contributed by atoms with Crippen LogP contribution in [-0.2, 0) is 16.8 Å². The van der Waals surface area contributed by atoms with Crippen LogP contribution in [0.4, 0.5) is 5.69 Å². The largest absolute Gasteiger partial charge is 0.384 e. The van der Waals surface area contributed by atoms with E-state index < -0.39 is 0 Å². The molecule has 0 saturated carbocycles. The number of benzene rings is 1. The molecule has 6 heteroatoms. The smallest absolute Gasteiger partial charge is 0.267 e. The maximum Gasteiger partial charge on any atom is 0.267 e. The molecule has 0 atom stereocenters. The summed E-state index contributed by atoms with van der Waals surface area (Å²) >= 11 is 0. The Balaban J connectivity index is 1.45. The van der Waals surface area contributed by atoms with E-state index in [1.54, 1.807) is 6.07 Å². The van der Waals surface area contributed by atoms with Crippen LogP contribution in [0.2, 0.25) is 0 Å². The zero-order valence-electron chi connectivity index (χ0n) is 15.3. The predicted molar refractivity (Wildman–Crippen MR) is 100 cm³/mol. The van der Waals surface area contributed by atoms with Gasteiger partial charge in [0.15, 0.2) is 0 Å². The summed E-state index contributed by atoms with van der Waals surface area (Å²) < 4.78 is 1.28. The van der Waals surface area contributed by atoms with Gasteiger partial charge in [-0.15, -0.1) is 0 Å². The van der Waals surface area contributed by atoms with Crippen LogP contribution in [0.1, 0.15) is 29.7 Å². The first-order chi connectivity index (χ1) is 12.5. The Hall–Kier alpha value is -2.63. The fourth-order valence-corrected chi connectivity index (χ4v) is 4.10. The number of hydrogen-bond donors (Lipinski definition) is 1. The molecule has 2 aromatic rings. The Kier molecular flexibility index (Phi) is 4.05. The van der Waals surface area contributed by atoms with Crippen LogP contribution >= 0.6 is 0 Å². The molecule has 1 saturated heterocycles. The second-order valence-electron chi connectivity index (χ2n) is 7.47. The molecule has 2 aliphatic heterocycles. The van der Waals surface area contributed by atoms with Gasteiger partial charge in [-0.05, 0) is 43.9 Å². The maximum absolute atomic E-state index is 12.7. The minimum atomic E-state index is -0.219. The number of likely N-dealkylation sites (tertiary alicyclic amines) is 1. The number of hydrogen-bond acceptors (Lipinski definition) is 4. The van der Waals surface area contributed by atoms with Crippen molar-refractivity contribution in [2.24, 2.45) is 0 Å². The number of aromatic nitrogens is 2. The van der Waals surface area contributed by atoms with Crippen molar-refractivity contribution >= 4 is 11.6 Å². The van der Waals surface area contributed by atoms with Crippen LogP contribution in [0.15, 0.2) is 35.1 Å². The molecule has 26 heavy (non-hydrogen) atoms. The highest BCUT2D eigenvalue weighted by Crippen LogP contribution is 2.43. The second-order valence-corrected chi connectivity index (χ2v) is 7.47. The Bertz CT molecular complexity index is 910. The van der Waals surface area contributed by atoms with Gasteiger partial charge in [0.05, 0.1) is 5.69 Å². The summed E-state index contributed by atoms with van der Waals surface area (Å²) in [7, 11) is 0. The van der Waals surface area contributed by atoms with Gasteiger partial charge >= 0.3 is 0 Å². The average molecular weight is 352 g/mol. The lowest BCUT2D eigenvalue weighted by Gasteiger charge is -2.39. The Morgan fingerprint density at radius 3 is 2.73 bits per heavy atom. The van der Waals surface area contributed by atoms with Gasteiger partial charge in [0, 0.05) is 36.8 Å². The molecule has 1 spiro atoms. The average Bonchev–Trinajstić information content (AvgIpc) is 2.99. The highest BCUT2D eigenvalue weighted by Gasteiger charge is 2.41. The van der Waals surface area contributed by atoms with Crippen LogP contribution in [0.3, 0.4) is 0 Å². The molecule has 1 aromatic heterocycles. The lowest BCUT2D eigenvalue weighted by Crippen LogP contribution is -2.47. The molecular weight excluding hydrogens is 328 g/mol. The molecule has 4 rings (SSSR count). The summed E-state index contributed by atoms with van der Waals surface area (Å²) in [6.07, 6.45) is 1.88. The van der Waals surface area contributed by atoms with Crippen molar-refractivity contribution in [2.45, 2.75) is 38.6 Å². The molecule has 0 radical (unpaired) electrons. The summed E-state index contributed by atoms with van der Waals surface area (Å²) in [5, 5.41) is 7.76. The van der Waals surface area contributed by atoms with E-state index in [9.17, 15) is 9.59 Å². The summed E-state index contributed by atoms with van der Waals surface area (Å²) in [6.45, 7) is 6.09. The third-order valence-electron chi connectivity index (χ3n) is 5.91. The number of anilines is 1. The highest BCUT2D eigenvalue weighted by molar-refractivity contribution is 5.76. The van der Waals surface area contributed by atoms with Crippen LogP contribution < -0.4 is 10.9 Å². The molecule has 6 nitrogen and oxygen atoms in total. The van der Waals surface area contributed by atoms with Crippen molar-refractivity contribution in [3.8, 4) is 0 Å². The summed E-state index contributed by atoms with van der Waals surface area (Å²) in [5.41, 5.74) is 4.14. The number of amides is 1. The Morgan fingerprint density at radius 2 is 1.96 bits per heavy atom. The van der Waals surface area contributed by atoms with Crippen LogP contribution in [0.25, 0.3) is 0 Å². The van der Waals surface area contributed by atoms with Crippen molar-refractivity contribution in [2.75, 3.05) is 25.0 Å². The van der Waals surface area contributed by atoms with E-state index in [0.29, 0.717) is 13.1 Å². The molecular formula is C20H24N4O2. The summed E-state index contributed by atoms with van der Waals surface area (Å²) in [5.74, 6) is -0.0306. The van der Waals surface area contributed by atoms with Crippen molar-refractivity contribution in [3.63, 3.8) is 0 Å². The van der Waals surface area contributed by atoms with Gasteiger partial charge in [0.25, 0.3) is 5.56 Å². The fourth-order valence-electron chi connectivity index (χ4n) is 4.10. The fraction of sp³-hybridized carbons (Fsp3) is 0.450. The second kappa shape index (κ2) is 6.27. The third-order valence-corrected chi connectivity index (χ3v) is 5.91. The van der Waals surface area contributed by atoms with E-state index in [2.05, 4.69) is 34.7 Å². The van der Waals surface area contributed by atoms with Gasteiger partial charge in [0.1, 0.15) is 6.54 Å². The number of aryl methyl sites for hydroxylation is 2. The molecule has 1 fully saturated rings. The van der Waals surface area contributed by atoms with Crippen LogP contribution in [0, 0.1) is 13.8 Å². The Morgan fingerprint density at radius 1 is 1.23 bits per heavy atom. The number of fused-ring (bicyclic) bond motifs is 2. The number of rotatable bonds is 2. The number of nitrogens with zero attached hydrogens (tertiary/aromatic N) is 3. The molecule has 136 valence electrons. The number of carbonyl (C=O) groups excluding carboxylic acids is 1. The standard InChI is InChI=1S/C20H24N4O2/c1-14-11-18(25)24(22-15(14)2)12-19(26)23-9-7-20(8-10-23)13-21-17-6-4-3-5-16(17)20/h3-6,11,21H,7-10,12-13H2,1-2H3. The lowest BCUT2D eigenvalue weighted by atomic mass is 9.74. The van der Waals surface area contributed by atoms with Crippen LogP contribution in [0.5, 0.6) is 0 Å². The minimum absolute atomic E-state index is 0.0157. The molecule has 3 heterocycles. The SMILES string of the molecule is Cc1cc(=O)n(CC(=O)N2CCC3(CC2)CNc2ccccc23)nc1C. The highest BCUT2D eigenvalue weighted by atomic mass is 16.2. The lowest BCUT2D eigenvalue weighted by molar-refractivity contribution is -0.133. The number of piperidine rings is 1. The molecule has 0 unspecified atom stereocenters. The van der Waals surface area contributed by atoms with Gasteiger partial charge in [-0.1, -0.05) is 18.2 Å². The first kappa shape index (κ1) is 16.8. The maximum atomic E-state index is 12.7. The topological polar surface area (TPSA) is 67.2 Å². The summed E-state index contributed by atoms with van der Waals surface area (Å²) in [6, 6.07) is 10.0. The van der Waals surface area contributed by atoms with E-state index in [0.717, 1.165) is 30.6 Å². The van der Waals surface area contributed by atoms with Crippen molar-refractivity contribution in [1.29, 1.82) is 0 Å². The number of para-hydroxylation sites is 1. The van der Waals surface area contributed by atoms with E-state index in [-0.39, 0.29) is 23.4 Å². The van der Waals surface area contributed by atoms with Gasteiger partial charge in [-0.2, -0.15) is 5.10 Å². The molecule has 0 bridgehead atoms. The van der Waals surface area contributed by atoms with E-state index in [1.807, 2.05) is 18.7 Å². The van der Waals surface area contributed by atoms with Crippen LogP contribution in [-0.4, -0.2) is 40.2 Å². The predicted octanol–water partition coefficient (Wildman–Crippen LogP) is 1.85. The van der Waals surface area contributed by atoms with Crippen molar-refractivity contribution < 1.29 is 4.79 Å². The van der Waals surface area contributed by atoms with Gasteiger partial charge in [-0.3, -0.25) is 9.59 Å². The molecule has 1 aromatic carbocycles. The quantitative estimate of drug-likeness (QED) is 0.896. The first-order valence-electron chi connectivity index (χ1n) is 9.15. The number of nitrogens with one attached hydrogen (secondary N) is 1. The molecule has 1 N–H and O–H groups in total. The molecule has 0 aliphatic carbocycles. The van der Waals surface area contributed by atoms with E-state index >= 15 is 0 Å².